The minimum absolute atomic E-state index is 0.0161. The molecule has 8 heteroatoms. The lowest BCUT2D eigenvalue weighted by molar-refractivity contribution is -0.384. The van der Waals surface area contributed by atoms with E-state index in [0.29, 0.717) is 48.9 Å². The normalized spacial score (nSPS) is 13.8. The monoisotopic (exact) mass is 415 g/mol. The van der Waals surface area contributed by atoms with Crippen LogP contribution in [-0.2, 0) is 11.2 Å². The largest absolute Gasteiger partial charge is 0.483 e. The molecule has 0 spiro atoms. The Morgan fingerprint density at radius 2 is 1.97 bits per heavy atom. The molecule has 0 radical (unpaired) electrons. The summed E-state index contributed by atoms with van der Waals surface area (Å²) >= 11 is 6.05. The number of carbonyl (C=O) groups is 1. The lowest BCUT2D eigenvalue weighted by Gasteiger charge is -2.36. The van der Waals surface area contributed by atoms with E-state index in [1.165, 1.54) is 18.2 Å². The van der Waals surface area contributed by atoms with Crippen LogP contribution in [0.3, 0.4) is 0 Å². The molecule has 0 atom stereocenters. The third-order valence-corrected chi connectivity index (χ3v) is 5.01. The van der Waals surface area contributed by atoms with Gasteiger partial charge in [-0.2, -0.15) is 0 Å². The van der Waals surface area contributed by atoms with Crippen LogP contribution in [0, 0.1) is 10.1 Å². The average molecular weight is 416 g/mol. The number of benzene rings is 2. The van der Waals surface area contributed by atoms with Gasteiger partial charge in [-0.3, -0.25) is 14.9 Å². The number of carbonyl (C=O) groups excluding carboxylic acids is 1. The Morgan fingerprint density at radius 3 is 2.62 bits per heavy atom. The van der Waals surface area contributed by atoms with E-state index >= 15 is 0 Å². The summed E-state index contributed by atoms with van der Waals surface area (Å²) in [6, 6.07) is 12.0. The number of nitrogens with zero attached hydrogens (tertiary/aromatic N) is 3. The maximum atomic E-state index is 12.5. The highest BCUT2D eigenvalue weighted by atomic mass is 35.5. The first kappa shape index (κ1) is 20.7. The molecular formula is C21H22ClN3O4. The van der Waals surface area contributed by atoms with Crippen molar-refractivity contribution >= 4 is 28.9 Å². The molecule has 29 heavy (non-hydrogen) atoms. The van der Waals surface area contributed by atoms with Gasteiger partial charge >= 0.3 is 0 Å². The van der Waals surface area contributed by atoms with Gasteiger partial charge in [0, 0.05) is 54.6 Å². The van der Waals surface area contributed by atoms with Crippen LogP contribution in [0.15, 0.2) is 55.1 Å². The summed E-state index contributed by atoms with van der Waals surface area (Å²) in [5, 5.41) is 11.6. The fraction of sp³-hybridized carbons (Fsp3) is 0.286. The van der Waals surface area contributed by atoms with Crippen LogP contribution < -0.4 is 9.64 Å². The van der Waals surface area contributed by atoms with Gasteiger partial charge in [0.05, 0.1) is 4.92 Å². The van der Waals surface area contributed by atoms with Crippen molar-refractivity contribution in [2.45, 2.75) is 6.42 Å². The van der Waals surface area contributed by atoms with Crippen molar-refractivity contribution in [1.82, 2.24) is 4.90 Å². The quantitative estimate of drug-likeness (QED) is 0.391. The Hall–Kier alpha value is -3.06. The van der Waals surface area contributed by atoms with Crippen molar-refractivity contribution in [3.05, 3.63) is 75.8 Å². The SMILES string of the molecule is C=CCc1cc([N+](=O)[O-])ccc1OCC(=O)N1CCN(c2cccc(Cl)c2)CC1. The van der Waals surface area contributed by atoms with Crippen molar-refractivity contribution in [3.8, 4) is 5.75 Å². The number of halogens is 1. The molecule has 0 bridgehead atoms. The van der Waals surface area contributed by atoms with E-state index < -0.39 is 4.92 Å². The van der Waals surface area contributed by atoms with Crippen molar-refractivity contribution in [2.75, 3.05) is 37.7 Å². The van der Waals surface area contributed by atoms with Crippen LogP contribution in [0.25, 0.3) is 0 Å². The molecule has 1 fully saturated rings. The zero-order valence-electron chi connectivity index (χ0n) is 15.9. The zero-order valence-corrected chi connectivity index (χ0v) is 16.7. The average Bonchev–Trinajstić information content (AvgIpc) is 2.73. The summed E-state index contributed by atoms with van der Waals surface area (Å²) in [7, 11) is 0. The van der Waals surface area contributed by atoms with Gasteiger partial charge in [0.1, 0.15) is 5.75 Å². The summed E-state index contributed by atoms with van der Waals surface area (Å²) in [5.41, 5.74) is 1.66. The molecule has 0 aromatic heterocycles. The van der Waals surface area contributed by atoms with Gasteiger partial charge in [-0.25, -0.2) is 0 Å². The standard InChI is InChI=1S/C21H22ClN3O4/c1-2-4-16-13-19(25(27)28)7-8-20(16)29-15-21(26)24-11-9-23(10-12-24)18-6-3-5-17(22)14-18/h2-3,5-8,13-14H,1,4,9-12,15H2. The molecule has 1 aliphatic rings. The van der Waals surface area contributed by atoms with Crippen LogP contribution in [0.4, 0.5) is 11.4 Å². The third-order valence-electron chi connectivity index (χ3n) is 4.78. The minimum Gasteiger partial charge on any atom is -0.483 e. The molecule has 2 aromatic rings. The number of non-ortho nitro benzene ring substituents is 1. The summed E-state index contributed by atoms with van der Waals surface area (Å²) in [6.07, 6.45) is 2.06. The molecule has 0 N–H and O–H groups in total. The fourth-order valence-electron chi connectivity index (χ4n) is 3.25. The fourth-order valence-corrected chi connectivity index (χ4v) is 3.44. The Kier molecular flexibility index (Phi) is 6.72. The van der Waals surface area contributed by atoms with Crippen molar-refractivity contribution in [3.63, 3.8) is 0 Å². The van der Waals surface area contributed by atoms with Crippen LogP contribution in [-0.4, -0.2) is 48.5 Å². The topological polar surface area (TPSA) is 75.9 Å². The van der Waals surface area contributed by atoms with Crippen LogP contribution in [0.5, 0.6) is 5.75 Å². The van der Waals surface area contributed by atoms with Crippen LogP contribution in [0.2, 0.25) is 5.02 Å². The van der Waals surface area contributed by atoms with Crippen molar-refractivity contribution in [1.29, 1.82) is 0 Å². The number of anilines is 1. The Bertz CT molecular complexity index is 911. The summed E-state index contributed by atoms with van der Waals surface area (Å²) in [6.45, 7) is 6.16. The number of piperazine rings is 1. The van der Waals surface area contributed by atoms with Gasteiger partial charge in [0.25, 0.3) is 11.6 Å². The first-order valence-electron chi connectivity index (χ1n) is 9.27. The van der Waals surface area contributed by atoms with E-state index in [1.807, 2.05) is 24.3 Å². The number of ether oxygens (including phenoxy) is 1. The summed E-state index contributed by atoms with van der Waals surface area (Å²) in [4.78, 5) is 27.0. The second-order valence-corrected chi connectivity index (χ2v) is 7.11. The molecule has 0 saturated carbocycles. The van der Waals surface area contributed by atoms with E-state index in [1.54, 1.807) is 11.0 Å². The lowest BCUT2D eigenvalue weighted by Crippen LogP contribution is -2.50. The van der Waals surface area contributed by atoms with E-state index in [4.69, 9.17) is 16.3 Å². The van der Waals surface area contributed by atoms with Crippen LogP contribution >= 0.6 is 11.6 Å². The number of nitro groups is 1. The predicted molar refractivity (Wildman–Crippen MR) is 113 cm³/mol. The molecule has 3 rings (SSSR count). The Labute approximate surface area is 174 Å². The molecule has 1 saturated heterocycles. The van der Waals surface area contributed by atoms with E-state index in [-0.39, 0.29) is 18.2 Å². The van der Waals surface area contributed by atoms with E-state index in [2.05, 4.69) is 11.5 Å². The number of hydrogen-bond donors (Lipinski definition) is 0. The highest BCUT2D eigenvalue weighted by Gasteiger charge is 2.22. The molecular weight excluding hydrogens is 394 g/mol. The zero-order chi connectivity index (χ0) is 20.8. The van der Waals surface area contributed by atoms with Gasteiger partial charge < -0.3 is 14.5 Å². The number of nitro benzene ring substituents is 1. The smallest absolute Gasteiger partial charge is 0.269 e. The maximum absolute atomic E-state index is 12.5. The first-order chi connectivity index (χ1) is 14.0. The highest BCUT2D eigenvalue weighted by Crippen LogP contribution is 2.25. The predicted octanol–water partition coefficient (Wildman–Crippen LogP) is 3.70. The molecule has 0 unspecified atom stereocenters. The van der Waals surface area contributed by atoms with Gasteiger partial charge in [0.15, 0.2) is 6.61 Å². The number of allylic oxidation sites excluding steroid dienone is 1. The first-order valence-corrected chi connectivity index (χ1v) is 9.65. The van der Waals surface area contributed by atoms with E-state index in [0.717, 1.165) is 5.69 Å². The lowest BCUT2D eigenvalue weighted by atomic mass is 10.1. The molecule has 1 heterocycles. The highest BCUT2D eigenvalue weighted by molar-refractivity contribution is 6.30. The summed E-state index contributed by atoms with van der Waals surface area (Å²) in [5.74, 6) is 0.347. The molecule has 7 nitrogen and oxygen atoms in total. The van der Waals surface area contributed by atoms with Crippen LogP contribution in [0.1, 0.15) is 5.56 Å². The van der Waals surface area contributed by atoms with Crippen molar-refractivity contribution in [2.24, 2.45) is 0 Å². The summed E-state index contributed by atoms with van der Waals surface area (Å²) < 4.78 is 5.67. The number of rotatable bonds is 7. The number of hydrogen-bond acceptors (Lipinski definition) is 5. The Morgan fingerprint density at radius 1 is 1.21 bits per heavy atom. The van der Waals surface area contributed by atoms with Gasteiger partial charge in [0.2, 0.25) is 0 Å². The molecule has 152 valence electrons. The molecule has 0 aliphatic carbocycles. The second-order valence-electron chi connectivity index (χ2n) is 6.68. The van der Waals surface area contributed by atoms with Crippen molar-refractivity contribution < 1.29 is 14.5 Å². The number of amides is 1. The third kappa shape index (κ3) is 5.26. The second kappa shape index (κ2) is 9.43. The minimum atomic E-state index is -0.457. The van der Waals surface area contributed by atoms with Gasteiger partial charge in [-0.15, -0.1) is 6.58 Å². The molecule has 1 amide bonds. The Balaban J connectivity index is 1.56. The van der Waals surface area contributed by atoms with Gasteiger partial charge in [-0.1, -0.05) is 23.7 Å². The molecule has 1 aliphatic heterocycles. The molecule has 2 aromatic carbocycles. The maximum Gasteiger partial charge on any atom is 0.269 e. The van der Waals surface area contributed by atoms with Gasteiger partial charge in [-0.05, 0) is 30.7 Å². The van der Waals surface area contributed by atoms with E-state index in [9.17, 15) is 14.9 Å².